The number of rotatable bonds is 3. The first kappa shape index (κ1) is 35.0. The number of nitrogens with zero attached hydrogens (tertiary/aromatic N) is 2. The highest BCUT2D eigenvalue weighted by molar-refractivity contribution is 6.10. The first-order valence-electron chi connectivity index (χ1n) is 19.4. The molecule has 4 heterocycles. The number of aryl methyl sites for hydroxylation is 2. The van der Waals surface area contributed by atoms with Crippen molar-refractivity contribution >= 4 is 39.3 Å². The van der Waals surface area contributed by atoms with Gasteiger partial charge in [0, 0.05) is 39.9 Å². The molecule has 3 aliphatic heterocycles. The summed E-state index contributed by atoms with van der Waals surface area (Å²) in [5.74, 6) is -0.279. The minimum Gasteiger partial charge on any atom is -0.455 e. The zero-order chi connectivity index (χ0) is 38.4. The minimum absolute atomic E-state index is 0.112. The highest BCUT2D eigenvalue weighted by Crippen LogP contribution is 2.56. The largest absolute Gasteiger partial charge is 0.455 e. The topological polar surface area (TPSA) is 28.7 Å². The lowest BCUT2D eigenvalue weighted by Crippen LogP contribution is -2.40. The van der Waals surface area contributed by atoms with Gasteiger partial charge in [-0.25, -0.2) is 4.39 Å². The summed E-state index contributed by atoms with van der Waals surface area (Å²) < 4.78 is 22.6. The molecule has 3 nitrogen and oxygen atoms in total. The van der Waals surface area contributed by atoms with Crippen molar-refractivity contribution in [3.63, 3.8) is 0 Å². The van der Waals surface area contributed by atoms with E-state index in [4.69, 9.17) is 9.41 Å². The Labute approximate surface area is 323 Å². The molecule has 0 N–H and O–H groups in total. The number of fused-ring (bicyclic) bond motifs is 11. The second-order valence-electron chi connectivity index (χ2n) is 17.1. The van der Waals surface area contributed by atoms with Gasteiger partial charge in [0.2, 0.25) is 0 Å². The summed E-state index contributed by atoms with van der Waals surface area (Å²) in [7, 11) is 0. The smallest absolute Gasteiger partial charge is 0.185 e. The fourth-order valence-electron chi connectivity index (χ4n) is 9.17. The summed E-state index contributed by atoms with van der Waals surface area (Å²) in [5, 5.41) is 2.10. The molecule has 2 atom stereocenters. The van der Waals surface area contributed by atoms with Crippen LogP contribution in [-0.4, -0.2) is 11.1 Å². The van der Waals surface area contributed by atoms with Crippen LogP contribution >= 0.6 is 0 Å². The van der Waals surface area contributed by atoms with Gasteiger partial charge in [-0.15, -0.1) is 0 Å². The molecule has 2 unspecified atom stereocenters. The Morgan fingerprint density at radius 3 is 2.40 bits per heavy atom. The third-order valence-electron chi connectivity index (χ3n) is 11.6. The van der Waals surface area contributed by atoms with E-state index < -0.39 is 5.66 Å². The molecule has 0 bridgehead atoms. The number of halogens is 1. The van der Waals surface area contributed by atoms with Gasteiger partial charge in [-0.1, -0.05) is 105 Å². The Hall–Kier alpha value is -5.74. The standard InChI is InChI=1S/C51H47FN2O/c1-30-10-9-11-36(22-30)37-14-17-40-41-19-20-44-48(49(41)55-47(40)25-37)33(4)24-43(39-16-13-35(23-32(39)3)27-50(6,7)8)34(5)28-53-51(44)45-26-38(52)15-18-42(45)46-21-12-31(2)29-54(46)51/h9-26,28-29,46H,27H2,1-8H3/b33-24+,43-34+,53-28+. The summed E-state index contributed by atoms with van der Waals surface area (Å²) >= 11 is 0. The van der Waals surface area contributed by atoms with Crippen molar-refractivity contribution in [2.45, 2.75) is 73.5 Å². The second-order valence-corrected chi connectivity index (χ2v) is 17.1. The van der Waals surface area contributed by atoms with Crippen LogP contribution in [0.2, 0.25) is 0 Å². The fourth-order valence-corrected chi connectivity index (χ4v) is 9.17. The lowest BCUT2D eigenvalue weighted by Gasteiger charge is -2.40. The molecule has 0 fully saturated rings. The van der Waals surface area contributed by atoms with Gasteiger partial charge in [0.15, 0.2) is 5.66 Å². The van der Waals surface area contributed by atoms with Crippen molar-refractivity contribution in [1.29, 1.82) is 0 Å². The summed E-state index contributed by atoms with van der Waals surface area (Å²) in [4.78, 5) is 7.97. The average molecular weight is 723 g/mol. The second kappa shape index (κ2) is 12.7. The molecule has 0 amide bonds. The number of allylic oxidation sites excluding steroid dienone is 6. The van der Waals surface area contributed by atoms with E-state index in [0.29, 0.717) is 0 Å². The van der Waals surface area contributed by atoms with E-state index in [9.17, 15) is 0 Å². The van der Waals surface area contributed by atoms with Crippen molar-refractivity contribution in [2.24, 2.45) is 10.4 Å². The van der Waals surface area contributed by atoms with Gasteiger partial charge >= 0.3 is 0 Å². The normalized spacial score (nSPS) is 22.1. The molecule has 274 valence electrons. The SMILES string of the molecule is CC1=CN2C(C=C1)c1ccc(F)cc1C21/N=C/C(C)=C(c2ccc(CC(C)(C)C)cc2C)\C=C(/C)c2c1ccc1c2oc2cc(-c3cccc(C)c3)ccc21. The third-order valence-corrected chi connectivity index (χ3v) is 11.6. The van der Waals surface area contributed by atoms with Crippen LogP contribution in [0.3, 0.4) is 0 Å². The maximum Gasteiger partial charge on any atom is 0.185 e. The van der Waals surface area contributed by atoms with Gasteiger partial charge in [0.05, 0.1) is 6.04 Å². The summed E-state index contributed by atoms with van der Waals surface area (Å²) in [6.45, 7) is 17.6. The number of furan rings is 1. The van der Waals surface area contributed by atoms with Gasteiger partial charge in [0.1, 0.15) is 17.0 Å². The maximum absolute atomic E-state index is 15.6. The Bertz CT molecular complexity index is 2750. The monoisotopic (exact) mass is 722 g/mol. The Morgan fingerprint density at radius 2 is 1.62 bits per heavy atom. The summed E-state index contributed by atoms with van der Waals surface area (Å²) in [6, 6.07) is 31.5. The molecule has 0 radical (unpaired) electrons. The average Bonchev–Trinajstić information content (AvgIpc) is 3.65. The molecular weight excluding hydrogens is 676 g/mol. The Morgan fingerprint density at radius 1 is 0.818 bits per heavy atom. The fraction of sp³-hybridized carbons (Fsp3) is 0.235. The number of aliphatic imine (C=N–C) groups is 1. The molecule has 1 spiro atoms. The van der Waals surface area contributed by atoms with E-state index >= 15 is 4.39 Å². The molecule has 9 rings (SSSR count). The lowest BCUT2D eigenvalue weighted by molar-refractivity contribution is 0.193. The van der Waals surface area contributed by atoms with Crippen LogP contribution in [0.4, 0.5) is 4.39 Å². The zero-order valence-corrected chi connectivity index (χ0v) is 33.0. The van der Waals surface area contributed by atoms with Gasteiger partial charge in [-0.3, -0.25) is 4.99 Å². The Kier molecular flexibility index (Phi) is 8.06. The quantitative estimate of drug-likeness (QED) is 0.182. The van der Waals surface area contributed by atoms with Crippen LogP contribution in [-0.2, 0) is 12.1 Å². The van der Waals surface area contributed by atoms with Crippen molar-refractivity contribution in [3.8, 4) is 11.1 Å². The predicted octanol–water partition coefficient (Wildman–Crippen LogP) is 13.6. The van der Waals surface area contributed by atoms with Gasteiger partial charge in [-0.05, 0) is 132 Å². The van der Waals surface area contributed by atoms with E-state index in [1.807, 2.05) is 12.3 Å². The van der Waals surface area contributed by atoms with Crippen LogP contribution in [0.15, 0.2) is 136 Å². The van der Waals surface area contributed by atoms with E-state index in [1.54, 1.807) is 12.1 Å². The maximum atomic E-state index is 15.6. The highest BCUT2D eigenvalue weighted by Gasteiger charge is 2.52. The molecule has 0 saturated heterocycles. The summed E-state index contributed by atoms with van der Waals surface area (Å²) in [5.41, 5.74) is 16.1. The van der Waals surface area contributed by atoms with E-state index in [1.165, 1.54) is 22.3 Å². The van der Waals surface area contributed by atoms with Crippen LogP contribution in [0.25, 0.3) is 44.2 Å². The van der Waals surface area contributed by atoms with Crippen molar-refractivity contribution in [1.82, 2.24) is 4.90 Å². The lowest BCUT2D eigenvalue weighted by atomic mass is 9.84. The molecule has 6 aromatic rings. The van der Waals surface area contributed by atoms with E-state index in [2.05, 4.69) is 158 Å². The first-order valence-corrected chi connectivity index (χ1v) is 19.4. The number of benzene rings is 5. The van der Waals surface area contributed by atoms with Crippen LogP contribution in [0.5, 0.6) is 0 Å². The Balaban J connectivity index is 1.35. The third kappa shape index (κ3) is 5.73. The summed E-state index contributed by atoms with van der Waals surface area (Å²) in [6.07, 6.45) is 11.9. The van der Waals surface area contributed by atoms with Crippen molar-refractivity contribution < 1.29 is 8.81 Å². The van der Waals surface area contributed by atoms with Gasteiger partial charge in [0.25, 0.3) is 0 Å². The number of hydrogen-bond donors (Lipinski definition) is 0. The van der Waals surface area contributed by atoms with Crippen molar-refractivity contribution in [3.05, 3.63) is 177 Å². The highest BCUT2D eigenvalue weighted by atomic mass is 19.1. The van der Waals surface area contributed by atoms with Crippen molar-refractivity contribution in [2.75, 3.05) is 0 Å². The van der Waals surface area contributed by atoms with Gasteiger partial charge < -0.3 is 9.32 Å². The number of hydrogen-bond acceptors (Lipinski definition) is 3. The molecule has 1 aromatic heterocycles. The minimum atomic E-state index is -1.07. The van der Waals surface area contributed by atoms with Crippen LogP contribution in [0.1, 0.15) is 92.1 Å². The van der Waals surface area contributed by atoms with Gasteiger partial charge in [-0.2, -0.15) is 0 Å². The van der Waals surface area contributed by atoms with E-state index in [-0.39, 0.29) is 17.3 Å². The molecule has 5 aromatic carbocycles. The first-order chi connectivity index (χ1) is 26.3. The predicted molar refractivity (Wildman–Crippen MR) is 228 cm³/mol. The molecule has 4 heteroatoms. The zero-order valence-electron chi connectivity index (χ0n) is 33.0. The van der Waals surface area contributed by atoms with Crippen LogP contribution < -0.4 is 0 Å². The molecular formula is C51H47FN2O. The van der Waals surface area contributed by atoms with Crippen LogP contribution in [0, 0.1) is 25.1 Å². The molecule has 0 saturated carbocycles. The molecule has 55 heavy (non-hydrogen) atoms. The molecule has 0 aliphatic carbocycles. The molecule has 3 aliphatic rings. The van der Waals surface area contributed by atoms with E-state index in [0.717, 1.165) is 84.0 Å².